The molecule has 0 bridgehead atoms. The molecule has 1 heterocycles. The van der Waals surface area contributed by atoms with Gasteiger partial charge in [0.2, 0.25) is 0 Å². The first kappa shape index (κ1) is 10.7. The zero-order chi connectivity index (χ0) is 10.8. The van der Waals surface area contributed by atoms with Crippen LogP contribution < -0.4 is 0 Å². The van der Waals surface area contributed by atoms with Gasteiger partial charge < -0.3 is 4.74 Å². The van der Waals surface area contributed by atoms with Crippen LogP contribution in [-0.2, 0) is 17.6 Å². The van der Waals surface area contributed by atoms with Crippen molar-refractivity contribution in [1.29, 1.82) is 0 Å². The van der Waals surface area contributed by atoms with Crippen LogP contribution in [0, 0.1) is 5.92 Å². The molecule has 1 unspecified atom stereocenters. The van der Waals surface area contributed by atoms with Crippen molar-refractivity contribution in [2.75, 3.05) is 6.61 Å². The SMILES string of the molecule is CCOC(=O)c1cc2c(s1)CCC(C)C2. The van der Waals surface area contributed by atoms with Crippen molar-refractivity contribution in [3.05, 3.63) is 21.4 Å². The minimum atomic E-state index is -0.162. The molecule has 2 nitrogen and oxygen atoms in total. The topological polar surface area (TPSA) is 26.3 Å². The van der Waals surface area contributed by atoms with E-state index >= 15 is 0 Å². The fourth-order valence-electron chi connectivity index (χ4n) is 2.01. The molecule has 82 valence electrons. The largest absolute Gasteiger partial charge is 0.462 e. The minimum absolute atomic E-state index is 0.162. The monoisotopic (exact) mass is 224 g/mol. The molecule has 0 saturated heterocycles. The average Bonchev–Trinajstić information content (AvgIpc) is 2.60. The first-order valence-corrected chi connectivity index (χ1v) is 6.31. The van der Waals surface area contributed by atoms with E-state index in [-0.39, 0.29) is 5.97 Å². The molecule has 2 rings (SSSR count). The number of rotatable bonds is 2. The zero-order valence-electron chi connectivity index (χ0n) is 9.21. The van der Waals surface area contributed by atoms with Crippen molar-refractivity contribution >= 4 is 17.3 Å². The zero-order valence-corrected chi connectivity index (χ0v) is 10.0. The van der Waals surface area contributed by atoms with Crippen molar-refractivity contribution < 1.29 is 9.53 Å². The van der Waals surface area contributed by atoms with Gasteiger partial charge >= 0.3 is 5.97 Å². The van der Waals surface area contributed by atoms with E-state index in [2.05, 4.69) is 6.92 Å². The van der Waals surface area contributed by atoms with Gasteiger partial charge in [-0.2, -0.15) is 0 Å². The second kappa shape index (κ2) is 4.35. The van der Waals surface area contributed by atoms with E-state index in [0.29, 0.717) is 6.61 Å². The number of hydrogen-bond acceptors (Lipinski definition) is 3. The van der Waals surface area contributed by atoms with Gasteiger partial charge in [0.15, 0.2) is 0 Å². The summed E-state index contributed by atoms with van der Waals surface area (Å²) in [6.45, 7) is 4.57. The van der Waals surface area contributed by atoms with E-state index in [1.54, 1.807) is 11.3 Å². The maximum absolute atomic E-state index is 11.5. The van der Waals surface area contributed by atoms with Gasteiger partial charge in [-0.1, -0.05) is 6.92 Å². The van der Waals surface area contributed by atoms with Crippen molar-refractivity contribution in [2.24, 2.45) is 5.92 Å². The molecule has 0 amide bonds. The van der Waals surface area contributed by atoms with Crippen LogP contribution in [0.25, 0.3) is 0 Å². The Labute approximate surface area is 94.3 Å². The molecule has 1 aromatic rings. The van der Waals surface area contributed by atoms with E-state index in [9.17, 15) is 4.79 Å². The number of hydrogen-bond donors (Lipinski definition) is 0. The third-order valence-corrected chi connectivity index (χ3v) is 4.02. The van der Waals surface area contributed by atoms with Gasteiger partial charge in [-0.05, 0) is 43.7 Å². The maximum Gasteiger partial charge on any atom is 0.348 e. The molecule has 1 aliphatic rings. The summed E-state index contributed by atoms with van der Waals surface area (Å²) < 4.78 is 5.00. The Kier molecular flexibility index (Phi) is 3.10. The molecule has 15 heavy (non-hydrogen) atoms. The molecule has 0 fully saturated rings. The number of aryl methyl sites for hydroxylation is 1. The Bertz CT molecular complexity index is 368. The lowest BCUT2D eigenvalue weighted by Crippen LogP contribution is -2.08. The molecule has 1 aromatic heterocycles. The Balaban J connectivity index is 2.19. The van der Waals surface area contributed by atoms with E-state index in [0.717, 1.165) is 23.6 Å². The van der Waals surface area contributed by atoms with Gasteiger partial charge in [-0.3, -0.25) is 0 Å². The second-order valence-electron chi connectivity index (χ2n) is 4.13. The van der Waals surface area contributed by atoms with Crippen LogP contribution in [0.2, 0.25) is 0 Å². The molecule has 0 aromatic carbocycles. The maximum atomic E-state index is 11.5. The molecule has 0 spiro atoms. The average molecular weight is 224 g/mol. The van der Waals surface area contributed by atoms with Crippen molar-refractivity contribution in [2.45, 2.75) is 33.1 Å². The van der Waals surface area contributed by atoms with E-state index in [1.165, 1.54) is 16.9 Å². The predicted molar refractivity (Wildman–Crippen MR) is 61.5 cm³/mol. The van der Waals surface area contributed by atoms with Crippen LogP contribution in [0.4, 0.5) is 0 Å². The second-order valence-corrected chi connectivity index (χ2v) is 5.26. The van der Waals surface area contributed by atoms with Crippen molar-refractivity contribution in [1.82, 2.24) is 0 Å². The van der Waals surface area contributed by atoms with Gasteiger partial charge in [0, 0.05) is 4.88 Å². The number of thiophene rings is 1. The third-order valence-electron chi connectivity index (χ3n) is 2.81. The summed E-state index contributed by atoms with van der Waals surface area (Å²) in [5.41, 5.74) is 1.36. The Hall–Kier alpha value is -0.830. The highest BCUT2D eigenvalue weighted by Gasteiger charge is 2.20. The highest BCUT2D eigenvalue weighted by Crippen LogP contribution is 2.32. The molecular formula is C12H16O2S. The number of esters is 1. The van der Waals surface area contributed by atoms with Crippen molar-refractivity contribution in [3.8, 4) is 0 Å². The molecular weight excluding hydrogens is 208 g/mol. The van der Waals surface area contributed by atoms with Gasteiger partial charge in [-0.25, -0.2) is 4.79 Å². The molecule has 3 heteroatoms. The molecule has 0 radical (unpaired) electrons. The summed E-state index contributed by atoms with van der Waals surface area (Å²) in [5.74, 6) is 0.590. The normalized spacial score (nSPS) is 19.7. The summed E-state index contributed by atoms with van der Waals surface area (Å²) in [6.07, 6.45) is 3.49. The summed E-state index contributed by atoms with van der Waals surface area (Å²) in [6, 6.07) is 2.02. The molecule has 0 N–H and O–H groups in total. The molecule has 1 atom stereocenters. The number of fused-ring (bicyclic) bond motifs is 1. The summed E-state index contributed by atoms with van der Waals surface area (Å²) in [5, 5.41) is 0. The molecule has 0 aliphatic heterocycles. The first-order chi connectivity index (χ1) is 7.20. The quantitative estimate of drug-likeness (QED) is 0.722. The predicted octanol–water partition coefficient (Wildman–Crippen LogP) is 3.05. The van der Waals surface area contributed by atoms with Crippen molar-refractivity contribution in [3.63, 3.8) is 0 Å². The van der Waals surface area contributed by atoms with Gasteiger partial charge in [-0.15, -0.1) is 11.3 Å². The summed E-state index contributed by atoms with van der Waals surface area (Å²) in [7, 11) is 0. The van der Waals surface area contributed by atoms with Gasteiger partial charge in [0.1, 0.15) is 4.88 Å². The fraction of sp³-hybridized carbons (Fsp3) is 0.583. The molecule has 1 aliphatic carbocycles. The smallest absolute Gasteiger partial charge is 0.348 e. The van der Waals surface area contributed by atoms with Crippen LogP contribution in [-0.4, -0.2) is 12.6 Å². The van der Waals surface area contributed by atoms with Crippen LogP contribution in [0.15, 0.2) is 6.07 Å². The molecule has 0 saturated carbocycles. The van der Waals surface area contributed by atoms with E-state index < -0.39 is 0 Å². The summed E-state index contributed by atoms with van der Waals surface area (Å²) >= 11 is 1.61. The fourth-order valence-corrected chi connectivity index (χ4v) is 3.11. The summed E-state index contributed by atoms with van der Waals surface area (Å²) in [4.78, 5) is 13.7. The van der Waals surface area contributed by atoms with Gasteiger partial charge in [0.05, 0.1) is 6.61 Å². The van der Waals surface area contributed by atoms with Gasteiger partial charge in [0.25, 0.3) is 0 Å². The lowest BCUT2D eigenvalue weighted by Gasteiger charge is -2.16. The Morgan fingerprint density at radius 3 is 3.20 bits per heavy atom. The van der Waals surface area contributed by atoms with Crippen LogP contribution >= 0.6 is 11.3 Å². The number of carbonyl (C=O) groups is 1. The van der Waals surface area contributed by atoms with E-state index in [4.69, 9.17) is 4.74 Å². The number of carbonyl (C=O) groups excluding carboxylic acids is 1. The van der Waals surface area contributed by atoms with E-state index in [1.807, 2.05) is 13.0 Å². The number of ether oxygens (including phenoxy) is 1. The van der Waals surface area contributed by atoms with Crippen LogP contribution in [0.3, 0.4) is 0 Å². The standard InChI is InChI=1S/C12H16O2S/c1-3-14-12(13)11-7-9-6-8(2)4-5-10(9)15-11/h7-8H,3-6H2,1-2H3. The lowest BCUT2D eigenvalue weighted by molar-refractivity contribution is 0.0532. The van der Waals surface area contributed by atoms with Crippen LogP contribution in [0.5, 0.6) is 0 Å². The highest BCUT2D eigenvalue weighted by atomic mass is 32.1. The Morgan fingerprint density at radius 1 is 1.67 bits per heavy atom. The minimum Gasteiger partial charge on any atom is -0.462 e. The third kappa shape index (κ3) is 2.23. The lowest BCUT2D eigenvalue weighted by atomic mass is 9.90. The Morgan fingerprint density at radius 2 is 2.47 bits per heavy atom. The van der Waals surface area contributed by atoms with Crippen LogP contribution in [0.1, 0.15) is 40.4 Å². The first-order valence-electron chi connectivity index (χ1n) is 5.49. The highest BCUT2D eigenvalue weighted by molar-refractivity contribution is 7.14.